The lowest BCUT2D eigenvalue weighted by Gasteiger charge is -2.27. The first kappa shape index (κ1) is 23.9. The molecule has 0 spiro atoms. The van der Waals surface area contributed by atoms with Gasteiger partial charge in [-0.2, -0.15) is 0 Å². The highest BCUT2D eigenvalue weighted by Gasteiger charge is 2.26. The van der Waals surface area contributed by atoms with Gasteiger partial charge < -0.3 is 14.7 Å². The minimum absolute atomic E-state index is 0.146. The molecule has 2 unspecified atom stereocenters. The van der Waals surface area contributed by atoms with Crippen LogP contribution in [0, 0.1) is 19.7 Å². The van der Waals surface area contributed by atoms with Crippen LogP contribution in [0.3, 0.4) is 0 Å². The van der Waals surface area contributed by atoms with Crippen molar-refractivity contribution in [2.45, 2.75) is 39.0 Å². The van der Waals surface area contributed by atoms with Gasteiger partial charge >= 0.3 is 0 Å². The van der Waals surface area contributed by atoms with Crippen molar-refractivity contribution in [1.82, 2.24) is 4.90 Å². The fraction of sp³-hybridized carbons (Fsp3) is 0.321. The molecule has 178 valence electrons. The number of hydrogen-bond acceptors (Lipinski definition) is 5. The number of aryl methyl sites for hydroxylation is 2. The summed E-state index contributed by atoms with van der Waals surface area (Å²) >= 11 is 0. The van der Waals surface area contributed by atoms with Gasteiger partial charge in [-0.25, -0.2) is 4.39 Å². The Morgan fingerprint density at radius 1 is 1.06 bits per heavy atom. The molecule has 1 N–H and O–H groups in total. The number of para-hydroxylation sites is 1. The van der Waals surface area contributed by atoms with Crippen molar-refractivity contribution in [3.05, 3.63) is 101 Å². The number of rotatable bonds is 10. The highest BCUT2D eigenvalue weighted by molar-refractivity contribution is 6.02. The van der Waals surface area contributed by atoms with Crippen LogP contribution in [0.2, 0.25) is 0 Å². The van der Waals surface area contributed by atoms with Crippen LogP contribution >= 0.6 is 0 Å². The minimum Gasteiger partial charge on any atom is -0.491 e. The predicted octanol–water partition coefficient (Wildman–Crippen LogP) is 4.88. The van der Waals surface area contributed by atoms with E-state index in [0.29, 0.717) is 26.1 Å². The van der Waals surface area contributed by atoms with E-state index in [0.717, 1.165) is 33.7 Å². The molecule has 0 bridgehead atoms. The molecule has 1 aliphatic rings. The largest absolute Gasteiger partial charge is 0.491 e. The third-order valence-corrected chi connectivity index (χ3v) is 5.94. The molecule has 5 nitrogen and oxygen atoms in total. The Hall–Kier alpha value is -3.22. The molecule has 0 aromatic heterocycles. The SMILES string of the molecule is Cc1ccccc1OCC(O)CN(Cc1cccc(F)c1)CC1CC(c2ccccc2C)=NO1. The highest BCUT2D eigenvalue weighted by Crippen LogP contribution is 2.21. The Bertz CT molecular complexity index is 1130. The topological polar surface area (TPSA) is 54.3 Å². The van der Waals surface area contributed by atoms with Gasteiger partial charge in [0.2, 0.25) is 0 Å². The summed E-state index contributed by atoms with van der Waals surface area (Å²) in [6, 6.07) is 22.4. The van der Waals surface area contributed by atoms with Crippen LogP contribution in [-0.2, 0) is 11.4 Å². The van der Waals surface area contributed by atoms with Crippen LogP contribution in [0.25, 0.3) is 0 Å². The number of benzene rings is 3. The van der Waals surface area contributed by atoms with Gasteiger partial charge in [0, 0.05) is 31.6 Å². The van der Waals surface area contributed by atoms with Crippen molar-refractivity contribution in [3.63, 3.8) is 0 Å². The molecule has 3 aromatic rings. The molecule has 1 aliphatic heterocycles. The number of aliphatic hydroxyl groups is 1. The fourth-order valence-corrected chi connectivity index (χ4v) is 4.22. The molecule has 0 radical (unpaired) electrons. The zero-order chi connectivity index (χ0) is 23.9. The Balaban J connectivity index is 1.40. The lowest BCUT2D eigenvalue weighted by molar-refractivity contribution is 0.0212. The second-order valence-corrected chi connectivity index (χ2v) is 8.84. The summed E-state index contributed by atoms with van der Waals surface area (Å²) in [5, 5.41) is 15.1. The highest BCUT2D eigenvalue weighted by atomic mass is 19.1. The van der Waals surface area contributed by atoms with Crippen LogP contribution in [0.15, 0.2) is 78.0 Å². The van der Waals surface area contributed by atoms with E-state index in [9.17, 15) is 9.50 Å². The molecule has 0 saturated heterocycles. The Labute approximate surface area is 200 Å². The van der Waals surface area contributed by atoms with Crippen LogP contribution in [0.1, 0.15) is 28.7 Å². The van der Waals surface area contributed by atoms with Crippen LogP contribution in [-0.4, -0.2) is 47.6 Å². The maximum absolute atomic E-state index is 13.8. The van der Waals surface area contributed by atoms with E-state index in [1.54, 1.807) is 6.07 Å². The summed E-state index contributed by atoms with van der Waals surface area (Å²) in [6.45, 7) is 5.60. The normalized spacial score (nSPS) is 16.3. The Morgan fingerprint density at radius 3 is 2.59 bits per heavy atom. The van der Waals surface area contributed by atoms with Gasteiger partial charge in [-0.15, -0.1) is 0 Å². The molecule has 6 heteroatoms. The lowest BCUT2D eigenvalue weighted by atomic mass is 10.00. The quantitative estimate of drug-likeness (QED) is 0.467. The number of hydrogen-bond donors (Lipinski definition) is 1. The average molecular weight is 463 g/mol. The van der Waals surface area contributed by atoms with Gasteiger partial charge in [0.05, 0.1) is 5.71 Å². The van der Waals surface area contributed by atoms with Crippen molar-refractivity contribution in [2.24, 2.45) is 5.16 Å². The van der Waals surface area contributed by atoms with Crippen LogP contribution < -0.4 is 4.74 Å². The first-order chi connectivity index (χ1) is 16.5. The number of ether oxygens (including phenoxy) is 1. The molecule has 0 fully saturated rings. The van der Waals surface area contributed by atoms with Gasteiger partial charge in [-0.3, -0.25) is 4.90 Å². The molecule has 2 atom stereocenters. The van der Waals surface area contributed by atoms with Crippen molar-refractivity contribution in [2.75, 3.05) is 19.7 Å². The standard InChI is InChI=1S/C28H31FN2O3/c1-20-8-3-5-12-26(20)27-15-25(34-30-27)18-31(16-22-10-7-11-23(29)14-22)17-24(32)19-33-28-13-6-4-9-21(28)2/h3-14,24-25,32H,15-19H2,1-2H3. The van der Waals surface area contributed by atoms with E-state index in [1.807, 2.05) is 49.4 Å². The summed E-state index contributed by atoms with van der Waals surface area (Å²) in [6.07, 6.45) is -0.181. The molecule has 0 saturated carbocycles. The van der Waals surface area contributed by atoms with Gasteiger partial charge in [0.15, 0.2) is 0 Å². The maximum Gasteiger partial charge on any atom is 0.145 e. The zero-order valence-electron chi connectivity index (χ0n) is 19.7. The van der Waals surface area contributed by atoms with E-state index in [2.05, 4.69) is 29.1 Å². The molecular weight excluding hydrogens is 431 g/mol. The minimum atomic E-state index is -0.716. The molecule has 4 rings (SSSR count). The zero-order valence-corrected chi connectivity index (χ0v) is 19.7. The van der Waals surface area contributed by atoms with E-state index in [4.69, 9.17) is 9.57 Å². The third kappa shape index (κ3) is 6.43. The van der Waals surface area contributed by atoms with Crippen molar-refractivity contribution in [3.8, 4) is 5.75 Å². The predicted molar refractivity (Wildman–Crippen MR) is 132 cm³/mol. The third-order valence-electron chi connectivity index (χ3n) is 5.94. The maximum atomic E-state index is 13.8. The second kappa shape index (κ2) is 11.3. The van der Waals surface area contributed by atoms with Gasteiger partial charge in [-0.1, -0.05) is 59.8 Å². The summed E-state index contributed by atoms with van der Waals surface area (Å²) in [7, 11) is 0. The van der Waals surface area contributed by atoms with Crippen molar-refractivity contribution >= 4 is 5.71 Å². The summed E-state index contributed by atoms with van der Waals surface area (Å²) < 4.78 is 19.6. The Morgan fingerprint density at radius 2 is 1.82 bits per heavy atom. The molecule has 0 amide bonds. The monoisotopic (exact) mass is 462 g/mol. The number of nitrogens with zero attached hydrogens (tertiary/aromatic N) is 2. The molecule has 3 aromatic carbocycles. The van der Waals surface area contributed by atoms with E-state index in [-0.39, 0.29) is 18.5 Å². The van der Waals surface area contributed by atoms with Crippen molar-refractivity contribution in [1.29, 1.82) is 0 Å². The smallest absolute Gasteiger partial charge is 0.145 e. The first-order valence-electron chi connectivity index (χ1n) is 11.6. The van der Waals surface area contributed by atoms with Crippen molar-refractivity contribution < 1.29 is 19.1 Å². The molecule has 0 aliphatic carbocycles. The van der Waals surface area contributed by atoms with E-state index in [1.165, 1.54) is 12.1 Å². The van der Waals surface area contributed by atoms with E-state index < -0.39 is 6.10 Å². The summed E-state index contributed by atoms with van der Waals surface area (Å²) in [5.41, 5.74) is 5.04. The summed E-state index contributed by atoms with van der Waals surface area (Å²) in [4.78, 5) is 7.82. The number of halogens is 1. The van der Waals surface area contributed by atoms with Crippen LogP contribution in [0.5, 0.6) is 5.75 Å². The van der Waals surface area contributed by atoms with Crippen LogP contribution in [0.4, 0.5) is 4.39 Å². The van der Waals surface area contributed by atoms with Gasteiger partial charge in [0.1, 0.15) is 30.4 Å². The lowest BCUT2D eigenvalue weighted by Crippen LogP contribution is -2.39. The summed E-state index contributed by atoms with van der Waals surface area (Å²) in [5.74, 6) is 0.483. The second-order valence-electron chi connectivity index (χ2n) is 8.84. The van der Waals surface area contributed by atoms with E-state index >= 15 is 0 Å². The number of aliphatic hydroxyl groups excluding tert-OH is 1. The Kier molecular flexibility index (Phi) is 7.93. The fourth-order valence-electron chi connectivity index (χ4n) is 4.22. The van der Waals surface area contributed by atoms with Gasteiger partial charge in [-0.05, 0) is 48.7 Å². The molecular formula is C28H31FN2O3. The average Bonchev–Trinajstić information content (AvgIpc) is 3.27. The van der Waals surface area contributed by atoms with Gasteiger partial charge in [0.25, 0.3) is 0 Å². The molecule has 1 heterocycles. The first-order valence-corrected chi connectivity index (χ1v) is 11.6. The number of oxime groups is 1. The molecule has 34 heavy (non-hydrogen) atoms.